The van der Waals surface area contributed by atoms with Crippen molar-refractivity contribution >= 4 is 5.91 Å². The first kappa shape index (κ1) is 8.87. The van der Waals surface area contributed by atoms with Gasteiger partial charge in [0.1, 0.15) is 0 Å². The Morgan fingerprint density at radius 2 is 2.23 bits per heavy atom. The predicted octanol–water partition coefficient (Wildman–Crippen LogP) is 0.0718. The molecule has 0 saturated carbocycles. The van der Waals surface area contributed by atoms with E-state index in [2.05, 4.69) is 5.32 Å². The van der Waals surface area contributed by atoms with Crippen molar-refractivity contribution in [3.8, 4) is 0 Å². The lowest BCUT2D eigenvalue weighted by molar-refractivity contribution is -0.141. The maximum atomic E-state index is 12.0. The van der Waals surface area contributed by atoms with Crippen LogP contribution < -0.4 is 5.32 Å². The van der Waals surface area contributed by atoms with E-state index in [0.29, 0.717) is 19.0 Å². The predicted molar refractivity (Wildman–Crippen MR) is 42.5 cm³/mol. The quantitative estimate of drug-likeness (QED) is 0.634. The summed E-state index contributed by atoms with van der Waals surface area (Å²) in [6.07, 6.45) is -1.85. The van der Waals surface area contributed by atoms with Crippen molar-refractivity contribution in [2.24, 2.45) is 5.92 Å². The molecule has 0 bridgehead atoms. The first-order valence-electron chi connectivity index (χ1n) is 4.49. The smallest absolute Gasteiger partial charge is 0.315 e. The van der Waals surface area contributed by atoms with E-state index in [1.165, 1.54) is 4.90 Å². The van der Waals surface area contributed by atoms with Crippen molar-refractivity contribution in [3.05, 3.63) is 0 Å². The highest BCUT2D eigenvalue weighted by Crippen LogP contribution is 2.25. The highest BCUT2D eigenvalue weighted by molar-refractivity contribution is 5.79. The van der Waals surface area contributed by atoms with Gasteiger partial charge in [-0.3, -0.25) is 4.79 Å². The Morgan fingerprint density at radius 3 is 2.85 bits per heavy atom. The third-order valence-corrected chi connectivity index (χ3v) is 2.86. The van der Waals surface area contributed by atoms with Crippen LogP contribution in [0.3, 0.4) is 0 Å². The van der Waals surface area contributed by atoms with Gasteiger partial charge in [-0.25, -0.2) is 0 Å². The highest BCUT2D eigenvalue weighted by atomic mass is 19.3. The first-order chi connectivity index (χ1) is 6.18. The van der Waals surface area contributed by atoms with Gasteiger partial charge in [0, 0.05) is 19.1 Å². The molecule has 0 radical (unpaired) electrons. The van der Waals surface area contributed by atoms with E-state index in [1.807, 2.05) is 0 Å². The SMILES string of the molecule is O=C(C(F)F)N1C[C@H]2CCN[C@H]2C1. The zero-order valence-electron chi connectivity index (χ0n) is 7.17. The Bertz CT molecular complexity index is 210. The van der Waals surface area contributed by atoms with Crippen molar-refractivity contribution in [2.75, 3.05) is 19.6 Å². The summed E-state index contributed by atoms with van der Waals surface area (Å²) in [5.74, 6) is -0.626. The summed E-state index contributed by atoms with van der Waals surface area (Å²) in [5.41, 5.74) is 0. The molecular formula is C8H12F2N2O. The maximum Gasteiger partial charge on any atom is 0.315 e. The molecule has 2 atom stereocenters. The van der Waals surface area contributed by atoms with Gasteiger partial charge in [-0.2, -0.15) is 8.78 Å². The van der Waals surface area contributed by atoms with Crippen LogP contribution in [0.5, 0.6) is 0 Å². The second kappa shape index (κ2) is 3.21. The number of halogens is 2. The van der Waals surface area contributed by atoms with E-state index >= 15 is 0 Å². The molecule has 0 aromatic rings. The van der Waals surface area contributed by atoms with Crippen molar-refractivity contribution in [1.29, 1.82) is 0 Å². The van der Waals surface area contributed by atoms with Gasteiger partial charge in [-0.1, -0.05) is 0 Å². The molecule has 0 aliphatic carbocycles. The molecule has 1 amide bonds. The lowest BCUT2D eigenvalue weighted by Crippen LogP contribution is -2.37. The number of hydrogen-bond donors (Lipinski definition) is 1. The van der Waals surface area contributed by atoms with E-state index in [-0.39, 0.29) is 6.04 Å². The van der Waals surface area contributed by atoms with Crippen molar-refractivity contribution in [3.63, 3.8) is 0 Å². The molecule has 0 spiro atoms. The second-order valence-electron chi connectivity index (χ2n) is 3.65. The largest absolute Gasteiger partial charge is 0.336 e. The Kier molecular flexibility index (Phi) is 2.19. The topological polar surface area (TPSA) is 32.3 Å². The lowest BCUT2D eigenvalue weighted by Gasteiger charge is -2.16. The molecule has 74 valence electrons. The molecule has 0 aromatic carbocycles. The average Bonchev–Trinajstić information content (AvgIpc) is 2.59. The van der Waals surface area contributed by atoms with Gasteiger partial charge in [0.05, 0.1) is 0 Å². The van der Waals surface area contributed by atoms with E-state index in [4.69, 9.17) is 0 Å². The number of rotatable bonds is 1. The maximum absolute atomic E-state index is 12.0. The molecule has 2 aliphatic rings. The second-order valence-corrected chi connectivity index (χ2v) is 3.65. The number of carbonyl (C=O) groups is 1. The van der Waals surface area contributed by atoms with Gasteiger partial charge >= 0.3 is 6.43 Å². The number of alkyl halides is 2. The number of hydrogen-bond acceptors (Lipinski definition) is 2. The minimum atomic E-state index is -2.85. The molecule has 0 unspecified atom stereocenters. The van der Waals surface area contributed by atoms with Gasteiger partial charge < -0.3 is 10.2 Å². The van der Waals surface area contributed by atoms with Crippen molar-refractivity contribution in [1.82, 2.24) is 10.2 Å². The number of likely N-dealkylation sites (tertiary alicyclic amines) is 1. The molecule has 13 heavy (non-hydrogen) atoms. The summed E-state index contributed by atoms with van der Waals surface area (Å²) in [7, 11) is 0. The first-order valence-corrected chi connectivity index (χ1v) is 4.49. The van der Waals surface area contributed by atoms with E-state index < -0.39 is 12.3 Å². The molecule has 3 nitrogen and oxygen atoms in total. The Morgan fingerprint density at radius 1 is 1.46 bits per heavy atom. The van der Waals surface area contributed by atoms with E-state index in [9.17, 15) is 13.6 Å². The highest BCUT2D eigenvalue weighted by Gasteiger charge is 2.39. The summed E-state index contributed by atoms with van der Waals surface area (Å²) in [6, 6.07) is 0.252. The molecule has 0 aromatic heterocycles. The van der Waals surface area contributed by atoms with Crippen molar-refractivity contribution < 1.29 is 13.6 Å². The Balaban J connectivity index is 1.95. The fraction of sp³-hybridized carbons (Fsp3) is 0.875. The van der Waals surface area contributed by atoms with Gasteiger partial charge in [0.25, 0.3) is 5.91 Å². The number of carbonyl (C=O) groups excluding carboxylic acids is 1. The zero-order valence-corrected chi connectivity index (χ0v) is 7.17. The van der Waals surface area contributed by atoms with Crippen LogP contribution in [0.2, 0.25) is 0 Å². The number of fused-ring (bicyclic) bond motifs is 1. The molecular weight excluding hydrogens is 178 g/mol. The Labute approximate surface area is 75.1 Å². The van der Waals surface area contributed by atoms with Crippen LogP contribution in [0.25, 0.3) is 0 Å². The van der Waals surface area contributed by atoms with Crippen LogP contribution in [0.1, 0.15) is 6.42 Å². The summed E-state index contributed by atoms with van der Waals surface area (Å²) < 4.78 is 24.1. The fourth-order valence-electron chi connectivity index (χ4n) is 2.17. The average molecular weight is 190 g/mol. The molecule has 2 saturated heterocycles. The van der Waals surface area contributed by atoms with Crippen LogP contribution in [-0.4, -0.2) is 42.9 Å². The number of nitrogens with zero attached hydrogens (tertiary/aromatic N) is 1. The van der Waals surface area contributed by atoms with Crippen molar-refractivity contribution in [2.45, 2.75) is 18.9 Å². The summed E-state index contributed by atoms with van der Waals surface area (Å²) in [5, 5.41) is 3.20. The molecule has 5 heteroatoms. The van der Waals surface area contributed by atoms with E-state index in [0.717, 1.165) is 13.0 Å². The van der Waals surface area contributed by atoms with Gasteiger partial charge in [-0.05, 0) is 18.9 Å². The zero-order chi connectivity index (χ0) is 9.42. The fourth-order valence-corrected chi connectivity index (χ4v) is 2.17. The third-order valence-electron chi connectivity index (χ3n) is 2.86. The van der Waals surface area contributed by atoms with E-state index in [1.54, 1.807) is 0 Å². The minimum absolute atomic E-state index is 0.252. The van der Waals surface area contributed by atoms with Crippen LogP contribution in [0.4, 0.5) is 8.78 Å². The van der Waals surface area contributed by atoms with Gasteiger partial charge in [-0.15, -0.1) is 0 Å². The normalized spacial score (nSPS) is 32.7. The standard InChI is InChI=1S/C8H12F2N2O/c9-7(10)8(13)12-3-5-1-2-11-6(5)4-12/h5-7,11H,1-4H2/t5-,6+/m1/s1. The molecule has 2 heterocycles. The minimum Gasteiger partial charge on any atom is -0.336 e. The number of nitrogens with one attached hydrogen (secondary N) is 1. The van der Waals surface area contributed by atoms with Crippen LogP contribution in [-0.2, 0) is 4.79 Å². The summed E-state index contributed by atoms with van der Waals surface area (Å²) in [6.45, 7) is 1.90. The molecule has 2 rings (SSSR count). The molecule has 1 N–H and O–H groups in total. The van der Waals surface area contributed by atoms with Crippen LogP contribution in [0, 0.1) is 5.92 Å². The van der Waals surface area contributed by atoms with Crippen LogP contribution in [0.15, 0.2) is 0 Å². The van der Waals surface area contributed by atoms with Crippen LogP contribution >= 0.6 is 0 Å². The molecule has 2 fully saturated rings. The number of amides is 1. The Hall–Kier alpha value is -0.710. The summed E-state index contributed by atoms with van der Waals surface area (Å²) in [4.78, 5) is 12.2. The van der Waals surface area contributed by atoms with Gasteiger partial charge in [0.15, 0.2) is 0 Å². The third kappa shape index (κ3) is 1.52. The lowest BCUT2D eigenvalue weighted by atomic mass is 10.1. The monoisotopic (exact) mass is 190 g/mol. The molecule has 2 aliphatic heterocycles. The summed E-state index contributed by atoms with van der Waals surface area (Å²) >= 11 is 0. The van der Waals surface area contributed by atoms with Gasteiger partial charge in [0.2, 0.25) is 0 Å².